The summed E-state index contributed by atoms with van der Waals surface area (Å²) in [4.78, 5) is 0. The van der Waals surface area contributed by atoms with Crippen LogP contribution in [0.3, 0.4) is 0 Å². The van der Waals surface area contributed by atoms with Crippen molar-refractivity contribution in [1.29, 1.82) is 0 Å². The fourth-order valence-electron chi connectivity index (χ4n) is 2.61. The van der Waals surface area contributed by atoms with Gasteiger partial charge in [-0.25, -0.2) is 0 Å². The summed E-state index contributed by atoms with van der Waals surface area (Å²) in [6.45, 7) is 0.507. The summed E-state index contributed by atoms with van der Waals surface area (Å²) in [6.07, 6.45) is 8.15. The van der Waals surface area contributed by atoms with E-state index < -0.39 is 0 Å². The Balaban J connectivity index is 1.66. The van der Waals surface area contributed by atoms with E-state index in [9.17, 15) is 0 Å². The third-order valence-electron chi connectivity index (χ3n) is 3.75. The van der Waals surface area contributed by atoms with Gasteiger partial charge in [0, 0.05) is 11.8 Å². The van der Waals surface area contributed by atoms with Gasteiger partial charge in [0.15, 0.2) is 5.16 Å². The standard InChI is InChI=1S/C12H20N4S/c13-7-11-14-15-12(16(11)10-5-6-10)17-8-9-3-1-2-4-9/h9-10H,1-8,13H2. The predicted octanol–water partition coefficient (Wildman–Crippen LogP) is 2.35. The molecular weight excluding hydrogens is 232 g/mol. The van der Waals surface area contributed by atoms with Crippen LogP contribution in [0.15, 0.2) is 5.16 Å². The Hall–Kier alpha value is -0.550. The number of rotatable bonds is 5. The molecule has 5 heteroatoms. The van der Waals surface area contributed by atoms with Crippen molar-refractivity contribution >= 4 is 11.8 Å². The third-order valence-corrected chi connectivity index (χ3v) is 4.93. The number of nitrogens with zero attached hydrogens (tertiary/aromatic N) is 3. The maximum absolute atomic E-state index is 5.72. The van der Waals surface area contributed by atoms with E-state index in [1.807, 2.05) is 11.8 Å². The summed E-state index contributed by atoms with van der Waals surface area (Å²) < 4.78 is 2.28. The van der Waals surface area contributed by atoms with Gasteiger partial charge in [-0.2, -0.15) is 0 Å². The number of nitrogens with two attached hydrogens (primary N) is 1. The topological polar surface area (TPSA) is 56.7 Å². The van der Waals surface area contributed by atoms with E-state index >= 15 is 0 Å². The first-order valence-electron chi connectivity index (χ1n) is 6.65. The second-order valence-corrected chi connectivity index (χ2v) is 6.15. The minimum Gasteiger partial charge on any atom is -0.324 e. The van der Waals surface area contributed by atoms with E-state index in [-0.39, 0.29) is 0 Å². The Bertz CT molecular complexity index is 380. The summed E-state index contributed by atoms with van der Waals surface area (Å²) in [7, 11) is 0. The summed E-state index contributed by atoms with van der Waals surface area (Å²) in [5, 5.41) is 9.61. The molecule has 17 heavy (non-hydrogen) atoms. The first-order chi connectivity index (χ1) is 8.38. The molecule has 2 aliphatic carbocycles. The number of aromatic nitrogens is 3. The zero-order chi connectivity index (χ0) is 11.7. The summed E-state index contributed by atoms with van der Waals surface area (Å²) in [5.74, 6) is 3.06. The predicted molar refractivity (Wildman–Crippen MR) is 68.9 cm³/mol. The zero-order valence-electron chi connectivity index (χ0n) is 10.1. The minimum atomic E-state index is 0.507. The maximum atomic E-state index is 5.72. The van der Waals surface area contributed by atoms with E-state index in [4.69, 9.17) is 5.73 Å². The molecule has 94 valence electrons. The molecule has 0 radical (unpaired) electrons. The van der Waals surface area contributed by atoms with Crippen molar-refractivity contribution in [3.05, 3.63) is 5.82 Å². The molecule has 0 bridgehead atoms. The molecule has 2 aliphatic rings. The third kappa shape index (κ3) is 2.50. The lowest BCUT2D eigenvalue weighted by molar-refractivity contribution is 0.609. The molecule has 1 aromatic rings. The Morgan fingerprint density at radius 3 is 2.59 bits per heavy atom. The molecule has 0 spiro atoms. The number of hydrogen-bond acceptors (Lipinski definition) is 4. The van der Waals surface area contributed by atoms with Crippen LogP contribution in [0.1, 0.15) is 50.4 Å². The van der Waals surface area contributed by atoms with Crippen molar-refractivity contribution in [2.75, 3.05) is 5.75 Å². The first-order valence-corrected chi connectivity index (χ1v) is 7.63. The largest absolute Gasteiger partial charge is 0.324 e. The van der Waals surface area contributed by atoms with E-state index in [0.717, 1.165) is 16.9 Å². The number of thioether (sulfide) groups is 1. The van der Waals surface area contributed by atoms with E-state index in [1.54, 1.807) is 0 Å². The van der Waals surface area contributed by atoms with Crippen LogP contribution in [0.2, 0.25) is 0 Å². The Kier molecular flexibility index (Phi) is 3.38. The van der Waals surface area contributed by atoms with Crippen molar-refractivity contribution in [2.24, 2.45) is 11.7 Å². The monoisotopic (exact) mass is 252 g/mol. The van der Waals surface area contributed by atoms with Gasteiger partial charge in [0.05, 0.1) is 6.54 Å². The van der Waals surface area contributed by atoms with Crippen LogP contribution in [0.5, 0.6) is 0 Å². The average molecular weight is 252 g/mol. The molecule has 0 aliphatic heterocycles. The summed E-state index contributed by atoms with van der Waals surface area (Å²) >= 11 is 1.88. The molecule has 3 rings (SSSR count). The van der Waals surface area contributed by atoms with Gasteiger partial charge in [0.25, 0.3) is 0 Å². The van der Waals surface area contributed by atoms with Gasteiger partial charge in [-0.1, -0.05) is 24.6 Å². The van der Waals surface area contributed by atoms with Gasteiger partial charge in [0.1, 0.15) is 5.82 Å². The molecule has 4 nitrogen and oxygen atoms in total. The molecule has 2 saturated carbocycles. The Morgan fingerprint density at radius 1 is 1.18 bits per heavy atom. The second-order valence-electron chi connectivity index (χ2n) is 5.17. The molecule has 1 heterocycles. The van der Waals surface area contributed by atoms with Gasteiger partial charge >= 0.3 is 0 Å². The Morgan fingerprint density at radius 2 is 1.94 bits per heavy atom. The normalized spacial score (nSPS) is 21.2. The molecule has 2 fully saturated rings. The summed E-state index contributed by atoms with van der Waals surface area (Å²) in [6, 6.07) is 0.634. The smallest absolute Gasteiger partial charge is 0.191 e. The lowest BCUT2D eigenvalue weighted by Gasteiger charge is -2.10. The van der Waals surface area contributed by atoms with Crippen molar-refractivity contribution in [2.45, 2.75) is 56.3 Å². The van der Waals surface area contributed by atoms with Crippen LogP contribution in [0.4, 0.5) is 0 Å². The summed E-state index contributed by atoms with van der Waals surface area (Å²) in [5.41, 5.74) is 5.72. The van der Waals surface area contributed by atoms with Crippen LogP contribution >= 0.6 is 11.8 Å². The quantitative estimate of drug-likeness (QED) is 0.817. The van der Waals surface area contributed by atoms with Crippen LogP contribution in [-0.4, -0.2) is 20.5 Å². The molecule has 0 aromatic carbocycles. The fraction of sp³-hybridized carbons (Fsp3) is 0.833. The van der Waals surface area contributed by atoms with E-state index in [2.05, 4.69) is 14.8 Å². The lowest BCUT2D eigenvalue weighted by Crippen LogP contribution is -2.08. The van der Waals surface area contributed by atoms with Gasteiger partial charge < -0.3 is 10.3 Å². The highest BCUT2D eigenvalue weighted by molar-refractivity contribution is 7.99. The van der Waals surface area contributed by atoms with Crippen LogP contribution < -0.4 is 5.73 Å². The molecule has 0 amide bonds. The minimum absolute atomic E-state index is 0.507. The van der Waals surface area contributed by atoms with Gasteiger partial charge in [-0.15, -0.1) is 10.2 Å². The Labute approximate surface area is 106 Å². The SMILES string of the molecule is NCc1nnc(SCC2CCCC2)n1C1CC1. The molecular formula is C12H20N4S. The van der Waals surface area contributed by atoms with E-state index in [1.165, 1.54) is 44.3 Å². The van der Waals surface area contributed by atoms with Crippen LogP contribution in [-0.2, 0) is 6.54 Å². The van der Waals surface area contributed by atoms with Gasteiger partial charge in [-0.3, -0.25) is 0 Å². The van der Waals surface area contributed by atoms with Crippen molar-refractivity contribution in [3.8, 4) is 0 Å². The first kappa shape index (κ1) is 11.5. The molecule has 0 atom stereocenters. The van der Waals surface area contributed by atoms with Crippen molar-refractivity contribution in [1.82, 2.24) is 14.8 Å². The molecule has 0 unspecified atom stereocenters. The molecule has 2 N–H and O–H groups in total. The highest BCUT2D eigenvalue weighted by Gasteiger charge is 2.29. The fourth-order valence-corrected chi connectivity index (χ4v) is 3.82. The van der Waals surface area contributed by atoms with Gasteiger partial charge in [0.2, 0.25) is 0 Å². The lowest BCUT2D eigenvalue weighted by atomic mass is 10.1. The van der Waals surface area contributed by atoms with Crippen LogP contribution in [0.25, 0.3) is 0 Å². The van der Waals surface area contributed by atoms with E-state index in [0.29, 0.717) is 12.6 Å². The molecule has 0 saturated heterocycles. The zero-order valence-corrected chi connectivity index (χ0v) is 11.0. The highest BCUT2D eigenvalue weighted by Crippen LogP contribution is 2.39. The second kappa shape index (κ2) is 4.98. The number of hydrogen-bond donors (Lipinski definition) is 1. The van der Waals surface area contributed by atoms with Crippen LogP contribution in [0, 0.1) is 5.92 Å². The van der Waals surface area contributed by atoms with Gasteiger partial charge in [-0.05, 0) is 31.6 Å². The maximum Gasteiger partial charge on any atom is 0.191 e. The van der Waals surface area contributed by atoms with Crippen molar-refractivity contribution < 1.29 is 0 Å². The average Bonchev–Trinajstić information content (AvgIpc) is 2.92. The highest BCUT2D eigenvalue weighted by atomic mass is 32.2. The van der Waals surface area contributed by atoms with Crippen molar-refractivity contribution in [3.63, 3.8) is 0 Å². The molecule has 1 aromatic heterocycles.